The molecule has 1 aromatic carbocycles. The molecule has 66 valence electrons. The lowest BCUT2D eigenvalue weighted by molar-refractivity contribution is 0.346. The third-order valence-electron chi connectivity index (χ3n) is 1.54. The quantitative estimate of drug-likeness (QED) is 0.609. The Morgan fingerprint density at radius 2 is 1.75 bits per heavy atom. The van der Waals surface area contributed by atoms with Gasteiger partial charge in [-0.25, -0.2) is 0 Å². The second-order valence-corrected chi connectivity index (χ2v) is 3.94. The summed E-state index contributed by atoms with van der Waals surface area (Å²) in [6, 6.07) is 6.29. The molecule has 12 heavy (non-hydrogen) atoms. The van der Waals surface area contributed by atoms with E-state index in [4.69, 9.17) is 4.74 Å². The minimum atomic E-state index is 0.795. The van der Waals surface area contributed by atoms with Crippen LogP contribution in [0.4, 0.5) is 0 Å². The molecule has 1 nitrogen and oxygen atoms in total. The molecule has 0 atom stereocenters. The van der Waals surface area contributed by atoms with Crippen molar-refractivity contribution in [1.29, 1.82) is 0 Å². The summed E-state index contributed by atoms with van der Waals surface area (Å²) in [5.41, 5.74) is 2.52. The fourth-order valence-corrected chi connectivity index (χ4v) is 1.39. The first kappa shape index (κ1) is 9.84. The Morgan fingerprint density at radius 3 is 2.25 bits per heavy atom. The van der Waals surface area contributed by atoms with E-state index in [1.54, 1.807) is 0 Å². The van der Waals surface area contributed by atoms with Crippen molar-refractivity contribution >= 4 is 22.6 Å². The van der Waals surface area contributed by atoms with Crippen molar-refractivity contribution in [3.63, 3.8) is 0 Å². The van der Waals surface area contributed by atoms with Gasteiger partial charge in [0, 0.05) is 4.43 Å². The fraction of sp³-hybridized carbons (Fsp3) is 0.400. The van der Waals surface area contributed by atoms with Crippen LogP contribution in [0.5, 0.6) is 5.75 Å². The summed E-state index contributed by atoms with van der Waals surface area (Å²) in [7, 11) is 0. The molecule has 0 saturated carbocycles. The highest BCUT2D eigenvalue weighted by atomic mass is 127. The lowest BCUT2D eigenvalue weighted by Crippen LogP contribution is -1.97. The molecule has 0 radical (unpaired) electrons. The van der Waals surface area contributed by atoms with Gasteiger partial charge >= 0.3 is 0 Å². The second kappa shape index (κ2) is 4.70. The third-order valence-corrected chi connectivity index (χ3v) is 1.98. The maximum absolute atomic E-state index is 5.51. The van der Waals surface area contributed by atoms with E-state index in [-0.39, 0.29) is 0 Å². The molecule has 1 rings (SSSR count). The first-order valence-electron chi connectivity index (χ1n) is 3.99. The second-order valence-electron chi connectivity index (χ2n) is 2.86. The van der Waals surface area contributed by atoms with Crippen molar-refractivity contribution in [3.05, 3.63) is 29.3 Å². The number of aryl methyl sites for hydroxylation is 2. The molecule has 0 aliphatic carbocycles. The highest BCUT2D eigenvalue weighted by Gasteiger charge is 1.95. The number of rotatable bonds is 3. The van der Waals surface area contributed by atoms with E-state index >= 15 is 0 Å². The van der Waals surface area contributed by atoms with Crippen molar-refractivity contribution in [1.82, 2.24) is 0 Å². The number of ether oxygens (including phenoxy) is 1. The van der Waals surface area contributed by atoms with Gasteiger partial charge in [-0.2, -0.15) is 0 Å². The molecule has 0 aliphatic heterocycles. The van der Waals surface area contributed by atoms with E-state index in [0.29, 0.717) is 0 Å². The molecular formula is C10H13IO. The molecule has 0 bridgehead atoms. The zero-order valence-electron chi connectivity index (χ0n) is 7.43. The first-order chi connectivity index (χ1) is 5.72. The Labute approximate surface area is 87.3 Å². The Bertz CT molecular complexity index is 238. The van der Waals surface area contributed by atoms with E-state index in [0.717, 1.165) is 16.8 Å². The zero-order chi connectivity index (χ0) is 8.97. The molecular weight excluding hydrogens is 263 g/mol. The van der Waals surface area contributed by atoms with Crippen LogP contribution in [0.25, 0.3) is 0 Å². The number of halogens is 1. The third kappa shape index (κ3) is 3.01. The minimum absolute atomic E-state index is 0.795. The van der Waals surface area contributed by atoms with Crippen molar-refractivity contribution in [2.45, 2.75) is 13.8 Å². The summed E-state index contributed by atoms with van der Waals surface area (Å²) >= 11 is 2.31. The van der Waals surface area contributed by atoms with Crippen molar-refractivity contribution in [3.8, 4) is 5.75 Å². The van der Waals surface area contributed by atoms with Gasteiger partial charge in [-0.1, -0.05) is 28.7 Å². The predicted molar refractivity (Wildman–Crippen MR) is 60.3 cm³/mol. The van der Waals surface area contributed by atoms with Crippen LogP contribution < -0.4 is 4.74 Å². The maximum atomic E-state index is 5.51. The summed E-state index contributed by atoms with van der Waals surface area (Å²) in [5, 5.41) is 0. The highest BCUT2D eigenvalue weighted by molar-refractivity contribution is 14.1. The van der Waals surface area contributed by atoms with E-state index in [1.807, 2.05) is 0 Å². The van der Waals surface area contributed by atoms with Gasteiger partial charge in [0.15, 0.2) is 0 Å². The summed E-state index contributed by atoms with van der Waals surface area (Å²) in [5.74, 6) is 0.990. The van der Waals surface area contributed by atoms with Gasteiger partial charge in [0.2, 0.25) is 0 Å². The van der Waals surface area contributed by atoms with Gasteiger partial charge in [0.25, 0.3) is 0 Å². The monoisotopic (exact) mass is 276 g/mol. The van der Waals surface area contributed by atoms with E-state index < -0.39 is 0 Å². The minimum Gasteiger partial charge on any atom is -0.493 e. The Morgan fingerprint density at radius 1 is 1.17 bits per heavy atom. The molecule has 1 aromatic rings. The normalized spacial score (nSPS) is 9.92. The summed E-state index contributed by atoms with van der Waals surface area (Å²) in [6.45, 7) is 4.97. The molecule has 0 spiro atoms. The molecule has 0 amide bonds. The SMILES string of the molecule is Cc1cc(C)cc(OCCI)c1. The maximum Gasteiger partial charge on any atom is 0.119 e. The van der Waals surface area contributed by atoms with Crippen molar-refractivity contribution in [2.75, 3.05) is 11.0 Å². The topological polar surface area (TPSA) is 9.23 Å². The van der Waals surface area contributed by atoms with Crippen LogP contribution in [-0.4, -0.2) is 11.0 Å². The smallest absolute Gasteiger partial charge is 0.119 e. The molecule has 0 aromatic heterocycles. The van der Waals surface area contributed by atoms with Gasteiger partial charge in [-0.15, -0.1) is 0 Å². The molecule has 0 aliphatic rings. The molecule has 0 heterocycles. The fourth-order valence-electron chi connectivity index (χ4n) is 1.17. The zero-order valence-corrected chi connectivity index (χ0v) is 9.59. The first-order valence-corrected chi connectivity index (χ1v) is 5.52. The molecule has 2 heteroatoms. The number of hydrogen-bond donors (Lipinski definition) is 0. The largest absolute Gasteiger partial charge is 0.493 e. The van der Waals surface area contributed by atoms with Crippen LogP contribution in [0.1, 0.15) is 11.1 Å². The van der Waals surface area contributed by atoms with Gasteiger partial charge in [0.1, 0.15) is 5.75 Å². The number of benzene rings is 1. The van der Waals surface area contributed by atoms with Crippen LogP contribution in [0, 0.1) is 13.8 Å². The standard InChI is InChI=1S/C10H13IO/c1-8-5-9(2)7-10(6-8)12-4-3-11/h5-7H,3-4H2,1-2H3. The molecule has 0 unspecified atom stereocenters. The number of hydrogen-bond acceptors (Lipinski definition) is 1. The summed E-state index contributed by atoms with van der Waals surface area (Å²) in [6.07, 6.45) is 0. The van der Waals surface area contributed by atoms with Crippen molar-refractivity contribution in [2.24, 2.45) is 0 Å². The van der Waals surface area contributed by atoms with Gasteiger partial charge in [0.05, 0.1) is 6.61 Å². The lowest BCUT2D eigenvalue weighted by Gasteiger charge is -2.05. The van der Waals surface area contributed by atoms with Gasteiger partial charge < -0.3 is 4.74 Å². The lowest BCUT2D eigenvalue weighted by atomic mass is 10.1. The average Bonchev–Trinajstić information content (AvgIpc) is 1.99. The average molecular weight is 276 g/mol. The van der Waals surface area contributed by atoms with Crippen LogP contribution in [-0.2, 0) is 0 Å². The Kier molecular flexibility index (Phi) is 3.85. The Balaban J connectivity index is 2.72. The van der Waals surface area contributed by atoms with E-state index in [1.165, 1.54) is 11.1 Å². The van der Waals surface area contributed by atoms with Crippen LogP contribution in [0.2, 0.25) is 0 Å². The molecule has 0 fully saturated rings. The molecule has 0 saturated heterocycles. The van der Waals surface area contributed by atoms with E-state index in [9.17, 15) is 0 Å². The van der Waals surface area contributed by atoms with Gasteiger partial charge in [-0.05, 0) is 37.1 Å². The van der Waals surface area contributed by atoms with Gasteiger partial charge in [-0.3, -0.25) is 0 Å². The van der Waals surface area contributed by atoms with Crippen molar-refractivity contribution < 1.29 is 4.74 Å². The number of alkyl halides is 1. The van der Waals surface area contributed by atoms with Crippen LogP contribution in [0.3, 0.4) is 0 Å². The predicted octanol–water partition coefficient (Wildman–Crippen LogP) is 3.12. The summed E-state index contributed by atoms with van der Waals surface area (Å²) < 4.78 is 6.54. The molecule has 0 N–H and O–H groups in total. The summed E-state index contributed by atoms with van der Waals surface area (Å²) in [4.78, 5) is 0. The Hall–Kier alpha value is -0.250. The van der Waals surface area contributed by atoms with Crippen LogP contribution in [0.15, 0.2) is 18.2 Å². The highest BCUT2D eigenvalue weighted by Crippen LogP contribution is 2.15. The van der Waals surface area contributed by atoms with Crippen LogP contribution >= 0.6 is 22.6 Å². The van der Waals surface area contributed by atoms with E-state index in [2.05, 4.69) is 54.6 Å².